The summed E-state index contributed by atoms with van der Waals surface area (Å²) in [6.45, 7) is 3.78. The molecule has 0 radical (unpaired) electrons. The molecule has 0 unspecified atom stereocenters. The van der Waals surface area contributed by atoms with Gasteiger partial charge >= 0.3 is 0 Å². The van der Waals surface area contributed by atoms with Crippen LogP contribution in [0.15, 0.2) is 18.2 Å². The van der Waals surface area contributed by atoms with Gasteiger partial charge in [-0.15, -0.1) is 0 Å². The van der Waals surface area contributed by atoms with Gasteiger partial charge in [-0.05, 0) is 31.6 Å². The van der Waals surface area contributed by atoms with Crippen LogP contribution in [0.3, 0.4) is 0 Å². The van der Waals surface area contributed by atoms with Gasteiger partial charge < -0.3 is 4.74 Å². The zero-order valence-corrected chi connectivity index (χ0v) is 9.15. The van der Waals surface area contributed by atoms with Gasteiger partial charge in [-0.2, -0.15) is 0 Å². The van der Waals surface area contributed by atoms with Gasteiger partial charge in [0.05, 0.1) is 12.1 Å². The number of ether oxygens (including phenoxy) is 1. The molecule has 3 heteroatoms. The lowest BCUT2D eigenvalue weighted by molar-refractivity contribution is 0.385. The lowest BCUT2D eigenvalue weighted by atomic mass is 10.1. The van der Waals surface area contributed by atoms with E-state index in [9.17, 15) is 4.39 Å². The van der Waals surface area contributed by atoms with Gasteiger partial charge in [0, 0.05) is 5.56 Å². The first-order valence-electron chi connectivity index (χ1n) is 4.27. The van der Waals surface area contributed by atoms with E-state index in [1.807, 2.05) is 19.9 Å². The molecule has 0 aliphatic heterocycles. The van der Waals surface area contributed by atoms with Crippen LogP contribution in [0.1, 0.15) is 19.4 Å². The van der Waals surface area contributed by atoms with Crippen molar-refractivity contribution in [2.24, 2.45) is 0 Å². The van der Waals surface area contributed by atoms with E-state index < -0.39 is 5.82 Å². The van der Waals surface area contributed by atoms with Gasteiger partial charge in [-0.25, -0.2) is 4.39 Å². The molecule has 76 valence electrons. The van der Waals surface area contributed by atoms with Crippen LogP contribution in [0, 0.1) is 5.82 Å². The van der Waals surface area contributed by atoms with Crippen LogP contribution in [-0.2, 0) is 0 Å². The second-order valence-corrected chi connectivity index (χ2v) is 3.32. The molecule has 0 bridgehead atoms. The predicted octanol–water partition coefficient (Wildman–Crippen LogP) is 3.91. The molecular formula is C11H12ClFO. The number of halogens is 2. The van der Waals surface area contributed by atoms with E-state index >= 15 is 0 Å². The van der Waals surface area contributed by atoms with Crippen LogP contribution in [0.4, 0.5) is 4.39 Å². The maximum absolute atomic E-state index is 13.5. The molecule has 0 amide bonds. The topological polar surface area (TPSA) is 9.23 Å². The third kappa shape index (κ3) is 1.90. The van der Waals surface area contributed by atoms with E-state index in [-0.39, 0.29) is 10.8 Å². The number of benzene rings is 1. The summed E-state index contributed by atoms with van der Waals surface area (Å²) in [4.78, 5) is 0. The molecule has 0 fully saturated rings. The van der Waals surface area contributed by atoms with Crippen LogP contribution >= 0.6 is 11.6 Å². The van der Waals surface area contributed by atoms with Gasteiger partial charge in [-0.1, -0.05) is 17.7 Å². The highest BCUT2D eigenvalue weighted by Crippen LogP contribution is 2.32. The van der Waals surface area contributed by atoms with Crippen LogP contribution in [-0.4, -0.2) is 7.11 Å². The molecule has 1 aromatic carbocycles. The third-order valence-corrected chi connectivity index (χ3v) is 2.40. The summed E-state index contributed by atoms with van der Waals surface area (Å²) in [6.07, 6.45) is 1.89. The zero-order chi connectivity index (χ0) is 10.7. The van der Waals surface area contributed by atoms with Crippen molar-refractivity contribution in [3.63, 3.8) is 0 Å². The van der Waals surface area contributed by atoms with Gasteiger partial charge in [0.15, 0.2) is 11.6 Å². The summed E-state index contributed by atoms with van der Waals surface area (Å²) in [5.41, 5.74) is 1.69. The van der Waals surface area contributed by atoms with Crippen molar-refractivity contribution in [1.29, 1.82) is 0 Å². The van der Waals surface area contributed by atoms with Crippen molar-refractivity contribution in [2.75, 3.05) is 7.11 Å². The minimum atomic E-state index is -0.507. The lowest BCUT2D eigenvalue weighted by Gasteiger charge is -2.10. The number of hydrogen-bond donors (Lipinski definition) is 0. The highest BCUT2D eigenvalue weighted by Gasteiger charge is 2.13. The molecule has 0 saturated carbocycles. The Hall–Kier alpha value is -1.02. The van der Waals surface area contributed by atoms with Gasteiger partial charge in [0.25, 0.3) is 0 Å². The summed E-state index contributed by atoms with van der Waals surface area (Å²) < 4.78 is 18.5. The third-order valence-electron chi connectivity index (χ3n) is 2.11. The molecule has 0 saturated heterocycles. The molecule has 0 spiro atoms. The van der Waals surface area contributed by atoms with Gasteiger partial charge in [-0.3, -0.25) is 0 Å². The summed E-state index contributed by atoms with van der Waals surface area (Å²) in [6, 6.07) is 3.28. The first-order chi connectivity index (χ1) is 6.61. The largest absolute Gasteiger partial charge is 0.493 e. The Morgan fingerprint density at radius 1 is 1.50 bits per heavy atom. The molecule has 14 heavy (non-hydrogen) atoms. The fourth-order valence-corrected chi connectivity index (χ4v) is 1.35. The fourth-order valence-electron chi connectivity index (χ4n) is 1.20. The standard InChI is InChI=1S/C11H12ClFO/c1-4-7(2)8-5-6-9(12)10(13)11(8)14-3/h4-6H,1-3H3. The number of hydrogen-bond acceptors (Lipinski definition) is 1. The fraction of sp³-hybridized carbons (Fsp3) is 0.273. The first kappa shape index (κ1) is 11.1. The summed E-state index contributed by atoms with van der Waals surface area (Å²) in [5, 5.41) is 0.0782. The summed E-state index contributed by atoms with van der Waals surface area (Å²) in [5.74, 6) is -0.305. The molecule has 1 nitrogen and oxygen atoms in total. The zero-order valence-electron chi connectivity index (χ0n) is 8.40. The average Bonchev–Trinajstić information content (AvgIpc) is 2.20. The van der Waals surface area contributed by atoms with Crippen molar-refractivity contribution < 1.29 is 9.13 Å². The molecule has 0 aliphatic rings. The Bertz CT molecular complexity index is 372. The monoisotopic (exact) mass is 214 g/mol. The molecule has 0 N–H and O–H groups in total. The Morgan fingerprint density at radius 3 is 2.64 bits per heavy atom. The van der Waals surface area contributed by atoms with Crippen molar-refractivity contribution >= 4 is 17.2 Å². The second kappa shape index (κ2) is 4.47. The smallest absolute Gasteiger partial charge is 0.184 e. The van der Waals surface area contributed by atoms with Crippen LogP contribution in [0.2, 0.25) is 5.02 Å². The van der Waals surface area contributed by atoms with E-state index in [0.717, 1.165) is 11.1 Å². The van der Waals surface area contributed by atoms with Gasteiger partial charge in [0.1, 0.15) is 0 Å². The number of methoxy groups -OCH3 is 1. The van der Waals surface area contributed by atoms with Crippen LogP contribution in [0.25, 0.3) is 5.57 Å². The SMILES string of the molecule is CC=C(C)c1ccc(Cl)c(F)c1OC. The highest BCUT2D eigenvalue weighted by molar-refractivity contribution is 6.31. The van der Waals surface area contributed by atoms with Crippen molar-refractivity contribution in [1.82, 2.24) is 0 Å². The average molecular weight is 215 g/mol. The normalized spacial score (nSPS) is 11.6. The van der Waals surface area contributed by atoms with Crippen LogP contribution in [0.5, 0.6) is 5.75 Å². The summed E-state index contributed by atoms with van der Waals surface area (Å²) >= 11 is 5.64. The Balaban J connectivity index is 3.38. The quantitative estimate of drug-likeness (QED) is 0.725. The van der Waals surface area contributed by atoms with Crippen molar-refractivity contribution in [3.05, 3.63) is 34.6 Å². The van der Waals surface area contributed by atoms with E-state index in [2.05, 4.69) is 0 Å². The number of rotatable bonds is 2. The van der Waals surface area contributed by atoms with Crippen molar-refractivity contribution in [2.45, 2.75) is 13.8 Å². The minimum absolute atomic E-state index is 0.0782. The van der Waals surface area contributed by atoms with E-state index in [1.54, 1.807) is 6.07 Å². The molecule has 1 rings (SSSR count). The maximum Gasteiger partial charge on any atom is 0.184 e. The summed E-state index contributed by atoms with van der Waals surface area (Å²) in [7, 11) is 1.43. The van der Waals surface area contributed by atoms with Crippen molar-refractivity contribution in [3.8, 4) is 5.75 Å². The van der Waals surface area contributed by atoms with E-state index in [0.29, 0.717) is 0 Å². The predicted molar refractivity (Wildman–Crippen MR) is 57.3 cm³/mol. The van der Waals surface area contributed by atoms with E-state index in [1.165, 1.54) is 13.2 Å². The first-order valence-corrected chi connectivity index (χ1v) is 4.65. The Morgan fingerprint density at radius 2 is 2.14 bits per heavy atom. The van der Waals surface area contributed by atoms with E-state index in [4.69, 9.17) is 16.3 Å². The highest BCUT2D eigenvalue weighted by atomic mass is 35.5. The molecule has 1 aromatic rings. The minimum Gasteiger partial charge on any atom is -0.493 e. The Labute approximate surface area is 88.1 Å². The second-order valence-electron chi connectivity index (χ2n) is 2.91. The number of allylic oxidation sites excluding steroid dienone is 2. The van der Waals surface area contributed by atoms with Gasteiger partial charge in [0.2, 0.25) is 0 Å². The lowest BCUT2D eigenvalue weighted by Crippen LogP contribution is -1.94. The molecule has 0 atom stereocenters. The molecule has 0 aromatic heterocycles. The van der Waals surface area contributed by atoms with Crippen LogP contribution < -0.4 is 4.74 Å². The maximum atomic E-state index is 13.5. The molecule has 0 heterocycles. The Kier molecular flexibility index (Phi) is 3.53. The molecule has 0 aliphatic carbocycles. The molecular weight excluding hydrogens is 203 g/mol.